The molecule has 0 spiro atoms. The average molecular weight is 141 g/mol. The lowest BCUT2D eigenvalue weighted by Gasteiger charge is -2.06. The zero-order valence-electron chi connectivity index (χ0n) is 6.97. The van der Waals surface area contributed by atoms with Gasteiger partial charge in [0.05, 0.1) is 0 Å². The van der Waals surface area contributed by atoms with Gasteiger partial charge in [0.15, 0.2) is 0 Å². The molecule has 1 unspecified atom stereocenters. The van der Waals surface area contributed by atoms with Crippen LogP contribution >= 0.6 is 0 Å². The summed E-state index contributed by atoms with van der Waals surface area (Å²) in [6.45, 7) is 6.80. The molecule has 0 rings (SSSR count). The normalized spacial score (nSPS) is 13.0. The molecule has 0 saturated heterocycles. The first-order valence-electron chi connectivity index (χ1n) is 4.12. The van der Waals surface area contributed by atoms with Crippen LogP contribution in [0.25, 0.3) is 0 Å². The molecule has 0 amide bonds. The van der Waals surface area contributed by atoms with Crippen LogP contribution in [0.2, 0.25) is 0 Å². The highest BCUT2D eigenvalue weighted by atomic mass is 14.5. The molecule has 1 nitrogen and oxygen atoms in total. The lowest BCUT2D eigenvalue weighted by Crippen LogP contribution is -2.00. The third-order valence-electron chi connectivity index (χ3n) is 1.72. The quantitative estimate of drug-likeness (QED) is 0.446. The zero-order chi connectivity index (χ0) is 7.82. The van der Waals surface area contributed by atoms with E-state index >= 15 is 0 Å². The summed E-state index contributed by atoms with van der Waals surface area (Å²) in [5, 5.41) is 0. The van der Waals surface area contributed by atoms with E-state index in [1.54, 1.807) is 0 Å². The SMILES string of the molecule is C=CCC(C)CCCCN. The second-order valence-electron chi connectivity index (χ2n) is 2.91. The van der Waals surface area contributed by atoms with Gasteiger partial charge in [-0.15, -0.1) is 6.58 Å². The van der Waals surface area contributed by atoms with Crippen molar-refractivity contribution in [2.75, 3.05) is 6.54 Å². The highest BCUT2D eigenvalue weighted by Crippen LogP contribution is 2.11. The van der Waals surface area contributed by atoms with Crippen LogP contribution in [0.5, 0.6) is 0 Å². The van der Waals surface area contributed by atoms with Gasteiger partial charge in [0.1, 0.15) is 0 Å². The Balaban J connectivity index is 3.04. The van der Waals surface area contributed by atoms with Crippen LogP contribution in [0, 0.1) is 5.92 Å². The molecule has 0 heterocycles. The summed E-state index contributed by atoms with van der Waals surface area (Å²) < 4.78 is 0. The number of unbranched alkanes of at least 4 members (excludes halogenated alkanes) is 1. The molecule has 1 heteroatoms. The molecule has 0 radical (unpaired) electrons. The minimum Gasteiger partial charge on any atom is -0.330 e. The molecule has 0 aromatic heterocycles. The van der Waals surface area contributed by atoms with Crippen molar-refractivity contribution in [2.45, 2.75) is 32.6 Å². The molecule has 10 heavy (non-hydrogen) atoms. The maximum absolute atomic E-state index is 5.37. The molecule has 0 aliphatic carbocycles. The van der Waals surface area contributed by atoms with E-state index in [0.717, 1.165) is 18.9 Å². The van der Waals surface area contributed by atoms with E-state index in [1.807, 2.05) is 6.08 Å². The Morgan fingerprint density at radius 3 is 2.70 bits per heavy atom. The van der Waals surface area contributed by atoms with Crippen LogP contribution in [0.3, 0.4) is 0 Å². The number of allylic oxidation sites excluding steroid dienone is 1. The lowest BCUT2D eigenvalue weighted by atomic mass is 10.0. The van der Waals surface area contributed by atoms with Crippen molar-refractivity contribution in [1.82, 2.24) is 0 Å². The number of hydrogen-bond donors (Lipinski definition) is 1. The van der Waals surface area contributed by atoms with Gasteiger partial charge >= 0.3 is 0 Å². The summed E-state index contributed by atoms with van der Waals surface area (Å²) in [7, 11) is 0. The number of nitrogens with two attached hydrogens (primary N) is 1. The largest absolute Gasteiger partial charge is 0.330 e. The van der Waals surface area contributed by atoms with Gasteiger partial charge in [-0.3, -0.25) is 0 Å². The van der Waals surface area contributed by atoms with E-state index in [9.17, 15) is 0 Å². The molecule has 0 aromatic carbocycles. The monoisotopic (exact) mass is 141 g/mol. The molecule has 0 aromatic rings. The van der Waals surface area contributed by atoms with Crippen molar-refractivity contribution >= 4 is 0 Å². The maximum Gasteiger partial charge on any atom is -0.00773 e. The van der Waals surface area contributed by atoms with Crippen molar-refractivity contribution in [1.29, 1.82) is 0 Å². The molecule has 0 bridgehead atoms. The van der Waals surface area contributed by atoms with Crippen molar-refractivity contribution < 1.29 is 0 Å². The predicted octanol–water partition coefficient (Wildman–Crippen LogP) is 2.33. The smallest absolute Gasteiger partial charge is 0.00773 e. The molecular formula is C9H19N. The first-order chi connectivity index (χ1) is 4.81. The van der Waals surface area contributed by atoms with E-state index < -0.39 is 0 Å². The van der Waals surface area contributed by atoms with Crippen molar-refractivity contribution in [3.63, 3.8) is 0 Å². The topological polar surface area (TPSA) is 26.0 Å². The fourth-order valence-corrected chi connectivity index (χ4v) is 1.04. The molecule has 0 aliphatic rings. The second-order valence-corrected chi connectivity index (χ2v) is 2.91. The summed E-state index contributed by atoms with van der Waals surface area (Å²) in [6.07, 6.45) is 6.87. The van der Waals surface area contributed by atoms with Gasteiger partial charge in [-0.25, -0.2) is 0 Å². The van der Waals surface area contributed by atoms with E-state index in [4.69, 9.17) is 5.73 Å². The minimum absolute atomic E-state index is 0.795. The average Bonchev–Trinajstić information content (AvgIpc) is 1.89. The minimum atomic E-state index is 0.795. The molecule has 0 saturated carbocycles. The third-order valence-corrected chi connectivity index (χ3v) is 1.72. The fourth-order valence-electron chi connectivity index (χ4n) is 1.04. The number of hydrogen-bond acceptors (Lipinski definition) is 1. The summed E-state index contributed by atoms with van der Waals surface area (Å²) >= 11 is 0. The van der Waals surface area contributed by atoms with Crippen LogP contribution in [0.4, 0.5) is 0 Å². The Hall–Kier alpha value is -0.300. The van der Waals surface area contributed by atoms with Gasteiger partial charge in [-0.05, 0) is 25.3 Å². The van der Waals surface area contributed by atoms with Gasteiger partial charge in [0, 0.05) is 0 Å². The third kappa shape index (κ3) is 5.83. The Bertz CT molecular complexity index is 78.8. The zero-order valence-corrected chi connectivity index (χ0v) is 6.97. The standard InChI is InChI=1S/C9H19N/c1-3-6-9(2)7-4-5-8-10/h3,9H,1,4-8,10H2,2H3. The molecular weight excluding hydrogens is 122 g/mol. The van der Waals surface area contributed by atoms with Crippen molar-refractivity contribution in [3.8, 4) is 0 Å². The molecule has 0 fully saturated rings. The highest BCUT2D eigenvalue weighted by Gasteiger charge is 1.97. The van der Waals surface area contributed by atoms with Gasteiger partial charge in [-0.2, -0.15) is 0 Å². The van der Waals surface area contributed by atoms with E-state index in [-0.39, 0.29) is 0 Å². The summed E-state index contributed by atoms with van der Waals surface area (Å²) in [5.41, 5.74) is 5.37. The van der Waals surface area contributed by atoms with E-state index in [0.29, 0.717) is 0 Å². The van der Waals surface area contributed by atoms with Gasteiger partial charge in [0.2, 0.25) is 0 Å². The van der Waals surface area contributed by atoms with E-state index in [2.05, 4.69) is 13.5 Å². The van der Waals surface area contributed by atoms with Crippen LogP contribution < -0.4 is 5.73 Å². The fraction of sp³-hybridized carbons (Fsp3) is 0.778. The Kier molecular flexibility index (Phi) is 6.61. The second kappa shape index (κ2) is 6.81. The van der Waals surface area contributed by atoms with Crippen LogP contribution in [-0.2, 0) is 0 Å². The van der Waals surface area contributed by atoms with Crippen molar-refractivity contribution in [2.24, 2.45) is 11.7 Å². The highest BCUT2D eigenvalue weighted by molar-refractivity contribution is 4.70. The first-order valence-corrected chi connectivity index (χ1v) is 4.12. The first kappa shape index (κ1) is 9.70. The Morgan fingerprint density at radius 1 is 1.50 bits per heavy atom. The predicted molar refractivity (Wildman–Crippen MR) is 46.9 cm³/mol. The van der Waals surface area contributed by atoms with Gasteiger partial charge in [-0.1, -0.05) is 25.8 Å². The molecule has 0 aliphatic heterocycles. The van der Waals surface area contributed by atoms with Crippen LogP contribution in [-0.4, -0.2) is 6.54 Å². The van der Waals surface area contributed by atoms with Crippen molar-refractivity contribution in [3.05, 3.63) is 12.7 Å². The van der Waals surface area contributed by atoms with E-state index in [1.165, 1.54) is 19.3 Å². The molecule has 2 N–H and O–H groups in total. The summed E-state index contributed by atoms with van der Waals surface area (Å²) in [4.78, 5) is 0. The van der Waals surface area contributed by atoms with Crippen LogP contribution in [0.15, 0.2) is 12.7 Å². The summed E-state index contributed by atoms with van der Waals surface area (Å²) in [5.74, 6) is 0.795. The maximum atomic E-state index is 5.37. The summed E-state index contributed by atoms with van der Waals surface area (Å²) in [6, 6.07) is 0. The van der Waals surface area contributed by atoms with Gasteiger partial charge < -0.3 is 5.73 Å². The number of rotatable bonds is 6. The van der Waals surface area contributed by atoms with Crippen LogP contribution in [0.1, 0.15) is 32.6 Å². The Labute approximate surface area is 64.3 Å². The molecule has 60 valence electrons. The lowest BCUT2D eigenvalue weighted by molar-refractivity contribution is 0.506. The molecule has 1 atom stereocenters. The van der Waals surface area contributed by atoms with Gasteiger partial charge in [0.25, 0.3) is 0 Å². The Morgan fingerprint density at radius 2 is 2.20 bits per heavy atom.